The first kappa shape index (κ1) is 53.9. The number of ether oxygens (including phenoxy) is 1. The van der Waals surface area contributed by atoms with Crippen molar-refractivity contribution in [2.24, 2.45) is 10.8 Å². The minimum Gasteiger partial charge on any atom is -0.481 e. The molecule has 0 unspecified atom stereocenters. The fourth-order valence-corrected chi connectivity index (χ4v) is 8.44. The van der Waals surface area contributed by atoms with Crippen LogP contribution in [-0.4, -0.2) is 59.8 Å². The van der Waals surface area contributed by atoms with Gasteiger partial charge in [-0.2, -0.15) is 0 Å². The Morgan fingerprint density at radius 3 is 1.16 bits per heavy atom. The van der Waals surface area contributed by atoms with E-state index in [0.717, 1.165) is 103 Å². The van der Waals surface area contributed by atoms with Crippen LogP contribution in [0.3, 0.4) is 0 Å². The van der Waals surface area contributed by atoms with Gasteiger partial charge in [-0.3, -0.25) is 14.4 Å². The van der Waals surface area contributed by atoms with Crippen LogP contribution < -0.4 is 0 Å². The fraction of sp³-hybridized carbons (Fsp3) is 0.857. The second-order valence-electron chi connectivity index (χ2n) is 18.8. The Balaban J connectivity index is 4.38. The number of allylic oxidation sites excluding steroid dienone is 4. The summed E-state index contributed by atoms with van der Waals surface area (Å²) in [4.78, 5) is 36.7. The Bertz CT molecular complexity index is 962. The van der Waals surface area contributed by atoms with Crippen molar-refractivity contribution in [2.45, 2.75) is 239 Å². The Kier molecular flexibility index (Phi) is 34.6. The average molecular weight is 790 g/mol. The Hall–Kier alpha value is -2.15. The number of carbonyl (C=O) groups is 3. The highest BCUT2D eigenvalue weighted by Gasteiger charge is 2.32. The van der Waals surface area contributed by atoms with E-state index < -0.39 is 11.9 Å². The molecule has 328 valence electrons. The molecule has 0 bridgehead atoms. The summed E-state index contributed by atoms with van der Waals surface area (Å²) in [5.41, 5.74) is 0.0403. The van der Waals surface area contributed by atoms with Gasteiger partial charge in [0.15, 0.2) is 0 Å². The number of hydrogen-bond acceptors (Lipinski definition) is 5. The van der Waals surface area contributed by atoms with Gasteiger partial charge in [0.05, 0.1) is 6.42 Å². The lowest BCUT2D eigenvalue weighted by Gasteiger charge is -2.36. The summed E-state index contributed by atoms with van der Waals surface area (Å²) in [6.45, 7) is 10.0. The minimum absolute atomic E-state index is 0.0201. The summed E-state index contributed by atoms with van der Waals surface area (Å²) < 4.78 is 6.24. The molecule has 0 aliphatic heterocycles. The molecule has 0 saturated carbocycles. The van der Waals surface area contributed by atoms with Crippen LogP contribution in [-0.2, 0) is 19.1 Å². The molecule has 0 aliphatic rings. The second-order valence-corrected chi connectivity index (χ2v) is 18.8. The molecule has 0 aromatic heterocycles. The first-order valence-corrected chi connectivity index (χ1v) is 23.3. The standard InChI is InChI=1S/C49H91NO6/c1-48(2,42-49(3,4)43-50(5)6)41-47(55)56-44(37-33-29-25-21-17-13-9-7-11-15-19-23-27-31-35-39-45(51)52)38-34-30-26-22-18-14-10-8-12-16-20-24-28-32-36-40-46(53)54/h7-8,11-12,44H,9-10,13-43H2,1-6H3,(H,51,52)(H,53,54)/b11-7-,12-8-. The van der Waals surface area contributed by atoms with Crippen LogP contribution in [0.5, 0.6) is 0 Å². The van der Waals surface area contributed by atoms with Crippen LogP contribution in [0.2, 0.25) is 0 Å². The second kappa shape index (κ2) is 36.0. The number of nitrogens with zero attached hydrogens (tertiary/aromatic N) is 1. The number of unbranched alkanes of at least 4 members (excludes halogenated alkanes) is 22. The lowest BCUT2D eigenvalue weighted by molar-refractivity contribution is -0.152. The fourth-order valence-electron chi connectivity index (χ4n) is 8.44. The van der Waals surface area contributed by atoms with Crippen LogP contribution in [0.4, 0.5) is 0 Å². The first-order chi connectivity index (χ1) is 26.7. The van der Waals surface area contributed by atoms with E-state index in [0.29, 0.717) is 19.3 Å². The highest BCUT2D eigenvalue weighted by molar-refractivity contribution is 5.70. The van der Waals surface area contributed by atoms with Crippen molar-refractivity contribution in [3.8, 4) is 0 Å². The maximum atomic E-state index is 13.3. The van der Waals surface area contributed by atoms with Gasteiger partial charge in [0, 0.05) is 19.4 Å². The molecule has 0 aromatic rings. The summed E-state index contributed by atoms with van der Waals surface area (Å²) in [6.07, 6.45) is 43.6. The number of aliphatic carboxylic acids is 2. The zero-order valence-electron chi connectivity index (χ0n) is 37.7. The summed E-state index contributed by atoms with van der Waals surface area (Å²) in [7, 11) is 4.24. The number of carbonyl (C=O) groups excluding carboxylic acids is 1. The number of esters is 1. The number of hydrogen-bond donors (Lipinski definition) is 2. The van der Waals surface area contributed by atoms with Crippen LogP contribution >= 0.6 is 0 Å². The van der Waals surface area contributed by atoms with E-state index in [2.05, 4.69) is 71.0 Å². The topological polar surface area (TPSA) is 104 Å². The van der Waals surface area contributed by atoms with E-state index in [4.69, 9.17) is 14.9 Å². The van der Waals surface area contributed by atoms with Gasteiger partial charge >= 0.3 is 17.9 Å². The molecule has 0 spiro atoms. The van der Waals surface area contributed by atoms with Crippen molar-refractivity contribution in [1.82, 2.24) is 4.90 Å². The summed E-state index contributed by atoms with van der Waals surface area (Å²) in [6, 6.07) is 0. The lowest BCUT2D eigenvalue weighted by atomic mass is 9.73. The smallest absolute Gasteiger partial charge is 0.306 e. The molecule has 7 nitrogen and oxygen atoms in total. The van der Waals surface area contributed by atoms with Gasteiger partial charge in [-0.15, -0.1) is 0 Å². The van der Waals surface area contributed by atoms with Crippen LogP contribution in [0.25, 0.3) is 0 Å². The average Bonchev–Trinajstić information content (AvgIpc) is 3.09. The van der Waals surface area contributed by atoms with Gasteiger partial charge in [0.25, 0.3) is 0 Å². The van der Waals surface area contributed by atoms with Crippen molar-refractivity contribution in [3.05, 3.63) is 24.3 Å². The molecule has 0 fully saturated rings. The highest BCUT2D eigenvalue weighted by Crippen LogP contribution is 2.37. The number of carboxylic acid groups (broad SMARTS) is 2. The monoisotopic (exact) mass is 790 g/mol. The largest absolute Gasteiger partial charge is 0.481 e. The van der Waals surface area contributed by atoms with Crippen molar-refractivity contribution < 1.29 is 29.3 Å². The number of rotatable bonds is 41. The quantitative estimate of drug-likeness (QED) is 0.0361. The third kappa shape index (κ3) is 40.1. The molecule has 2 N–H and O–H groups in total. The highest BCUT2D eigenvalue weighted by atomic mass is 16.5. The van der Waals surface area contributed by atoms with Crippen molar-refractivity contribution >= 4 is 17.9 Å². The van der Waals surface area contributed by atoms with Crippen molar-refractivity contribution in [2.75, 3.05) is 20.6 Å². The van der Waals surface area contributed by atoms with Gasteiger partial charge in [0.2, 0.25) is 0 Å². The third-order valence-electron chi connectivity index (χ3n) is 10.8. The Labute approximate surface area is 346 Å². The molecule has 0 heterocycles. The van der Waals surface area contributed by atoms with E-state index in [9.17, 15) is 14.4 Å². The molecule has 0 radical (unpaired) electrons. The molecule has 56 heavy (non-hydrogen) atoms. The minimum atomic E-state index is -0.682. The maximum absolute atomic E-state index is 13.3. The Morgan fingerprint density at radius 1 is 0.500 bits per heavy atom. The summed E-state index contributed by atoms with van der Waals surface area (Å²) in [5.74, 6) is -1.39. The first-order valence-electron chi connectivity index (χ1n) is 23.3. The van der Waals surface area contributed by atoms with Crippen LogP contribution in [0.1, 0.15) is 233 Å². The molecule has 0 amide bonds. The zero-order valence-corrected chi connectivity index (χ0v) is 37.7. The van der Waals surface area contributed by atoms with Gasteiger partial charge in [-0.1, -0.05) is 142 Å². The van der Waals surface area contributed by atoms with Crippen molar-refractivity contribution in [1.29, 1.82) is 0 Å². The van der Waals surface area contributed by atoms with E-state index in [1.165, 1.54) is 89.9 Å². The molecule has 0 atom stereocenters. The third-order valence-corrected chi connectivity index (χ3v) is 10.8. The van der Waals surface area contributed by atoms with Gasteiger partial charge in [-0.25, -0.2) is 0 Å². The zero-order chi connectivity index (χ0) is 41.8. The molecular weight excluding hydrogens is 699 g/mol. The predicted molar refractivity (Wildman–Crippen MR) is 237 cm³/mol. The molecule has 7 heteroatoms. The molecular formula is C49H91NO6. The normalized spacial score (nSPS) is 12.5. The van der Waals surface area contributed by atoms with Gasteiger partial charge < -0.3 is 19.8 Å². The maximum Gasteiger partial charge on any atom is 0.306 e. The number of carboxylic acids is 2. The molecule has 0 aliphatic carbocycles. The van der Waals surface area contributed by atoms with E-state index in [-0.39, 0.29) is 22.9 Å². The van der Waals surface area contributed by atoms with Gasteiger partial charge in [0.1, 0.15) is 6.10 Å². The van der Waals surface area contributed by atoms with Gasteiger partial charge in [-0.05, 0) is 121 Å². The Morgan fingerprint density at radius 2 is 0.821 bits per heavy atom. The van der Waals surface area contributed by atoms with E-state index >= 15 is 0 Å². The predicted octanol–water partition coefficient (Wildman–Crippen LogP) is 14.3. The lowest BCUT2D eigenvalue weighted by Crippen LogP contribution is -2.34. The van der Waals surface area contributed by atoms with Crippen LogP contribution in [0.15, 0.2) is 24.3 Å². The van der Waals surface area contributed by atoms with E-state index in [1.54, 1.807) is 0 Å². The summed E-state index contributed by atoms with van der Waals surface area (Å²) in [5, 5.41) is 17.4. The van der Waals surface area contributed by atoms with Crippen LogP contribution in [0, 0.1) is 10.8 Å². The van der Waals surface area contributed by atoms with Crippen molar-refractivity contribution in [3.63, 3.8) is 0 Å². The summed E-state index contributed by atoms with van der Waals surface area (Å²) >= 11 is 0. The van der Waals surface area contributed by atoms with E-state index in [1.807, 2.05) is 0 Å². The molecule has 0 rings (SSSR count). The molecule has 0 aromatic carbocycles. The SMILES string of the molecule is CN(C)CC(C)(C)CC(C)(C)CC(=O)OC(CCCCCCCC/C=C\CCCCCCCC(=O)O)CCCCCCCC/C=C\CCCCCCCC(=O)O. The molecule has 0 saturated heterocycles.